The first-order valence-electron chi connectivity index (χ1n) is 4.72. The van der Waals surface area contributed by atoms with Crippen LogP contribution in [0.2, 0.25) is 0 Å². The van der Waals surface area contributed by atoms with Crippen LogP contribution in [0.3, 0.4) is 0 Å². The van der Waals surface area contributed by atoms with Crippen molar-refractivity contribution in [2.45, 2.75) is 45.0 Å². The van der Waals surface area contributed by atoms with Crippen LogP contribution < -0.4 is 0 Å². The fourth-order valence-electron chi connectivity index (χ4n) is 0.933. The Kier molecular flexibility index (Phi) is 7.17. The van der Waals surface area contributed by atoms with E-state index in [0.29, 0.717) is 6.61 Å². The summed E-state index contributed by atoms with van der Waals surface area (Å²) in [5, 5.41) is 27.0. The van der Waals surface area contributed by atoms with Gasteiger partial charge < -0.3 is 20.1 Å². The van der Waals surface area contributed by atoms with E-state index in [2.05, 4.69) is 0 Å². The molecule has 0 aliphatic heterocycles. The van der Waals surface area contributed by atoms with Gasteiger partial charge in [-0.3, -0.25) is 0 Å². The van der Waals surface area contributed by atoms with E-state index in [1.165, 1.54) is 0 Å². The van der Waals surface area contributed by atoms with Crippen molar-refractivity contribution in [3.8, 4) is 0 Å². The van der Waals surface area contributed by atoms with Crippen LogP contribution in [0.15, 0.2) is 0 Å². The number of aliphatic hydroxyl groups is 3. The van der Waals surface area contributed by atoms with Gasteiger partial charge in [0.15, 0.2) is 0 Å². The van der Waals surface area contributed by atoms with Gasteiger partial charge >= 0.3 is 0 Å². The van der Waals surface area contributed by atoms with Crippen LogP contribution in [0.4, 0.5) is 0 Å². The maximum Gasteiger partial charge on any atom is 0.108 e. The van der Waals surface area contributed by atoms with E-state index in [9.17, 15) is 5.11 Å². The standard InChI is InChI=1S/C9H20O4/c1-3-4-5-13-7(2)9(12)8(11)6-10/h7-12H,3-6H2,1-2H3. The molecule has 0 radical (unpaired) electrons. The van der Waals surface area contributed by atoms with Gasteiger partial charge in [-0.2, -0.15) is 0 Å². The third-order valence-electron chi connectivity index (χ3n) is 1.94. The lowest BCUT2D eigenvalue weighted by Crippen LogP contribution is -2.39. The number of unbranched alkanes of at least 4 members (excludes halogenated alkanes) is 1. The molecular weight excluding hydrogens is 172 g/mol. The average molecular weight is 192 g/mol. The molecule has 0 aromatic carbocycles. The number of hydrogen-bond acceptors (Lipinski definition) is 4. The molecule has 0 heterocycles. The smallest absolute Gasteiger partial charge is 0.108 e. The SMILES string of the molecule is CCCCOC(C)C(O)C(O)CO. The molecule has 0 amide bonds. The average Bonchev–Trinajstić information content (AvgIpc) is 2.15. The first kappa shape index (κ1) is 12.8. The quantitative estimate of drug-likeness (QED) is 0.493. The summed E-state index contributed by atoms with van der Waals surface area (Å²) in [6.45, 7) is 3.86. The number of aliphatic hydroxyl groups excluding tert-OH is 3. The predicted octanol–water partition coefficient (Wildman–Crippen LogP) is -0.0943. The summed E-state index contributed by atoms with van der Waals surface area (Å²) >= 11 is 0. The Hall–Kier alpha value is -0.160. The Morgan fingerprint density at radius 1 is 1.31 bits per heavy atom. The van der Waals surface area contributed by atoms with Crippen molar-refractivity contribution in [3.63, 3.8) is 0 Å². The highest BCUT2D eigenvalue weighted by atomic mass is 16.5. The molecule has 80 valence electrons. The molecule has 0 saturated carbocycles. The normalized spacial score (nSPS) is 18.2. The Morgan fingerprint density at radius 3 is 2.38 bits per heavy atom. The largest absolute Gasteiger partial charge is 0.394 e. The molecule has 0 aliphatic carbocycles. The van der Waals surface area contributed by atoms with Crippen LogP contribution in [-0.2, 0) is 4.74 Å². The zero-order valence-corrected chi connectivity index (χ0v) is 8.31. The van der Waals surface area contributed by atoms with Crippen molar-refractivity contribution < 1.29 is 20.1 Å². The molecule has 3 N–H and O–H groups in total. The molecule has 4 nitrogen and oxygen atoms in total. The summed E-state index contributed by atoms with van der Waals surface area (Å²) in [7, 11) is 0. The first-order chi connectivity index (χ1) is 6.13. The maximum atomic E-state index is 9.35. The highest BCUT2D eigenvalue weighted by molar-refractivity contribution is 4.72. The lowest BCUT2D eigenvalue weighted by atomic mass is 10.1. The van der Waals surface area contributed by atoms with Gasteiger partial charge in [0.1, 0.15) is 12.2 Å². The van der Waals surface area contributed by atoms with Crippen LogP contribution in [0.25, 0.3) is 0 Å². The predicted molar refractivity (Wildman–Crippen MR) is 49.4 cm³/mol. The van der Waals surface area contributed by atoms with E-state index in [-0.39, 0.29) is 0 Å². The minimum atomic E-state index is -1.11. The Morgan fingerprint density at radius 2 is 1.92 bits per heavy atom. The number of hydrogen-bond donors (Lipinski definition) is 3. The molecule has 4 heteroatoms. The molecule has 0 rings (SSSR count). The molecule has 0 saturated heterocycles. The molecule has 0 fully saturated rings. The van der Waals surface area contributed by atoms with Crippen LogP contribution in [0.1, 0.15) is 26.7 Å². The molecule has 3 atom stereocenters. The van der Waals surface area contributed by atoms with Gasteiger partial charge in [-0.15, -0.1) is 0 Å². The third kappa shape index (κ3) is 5.21. The van der Waals surface area contributed by atoms with E-state index < -0.39 is 24.9 Å². The van der Waals surface area contributed by atoms with Crippen LogP contribution >= 0.6 is 0 Å². The third-order valence-corrected chi connectivity index (χ3v) is 1.94. The second-order valence-electron chi connectivity index (χ2n) is 3.17. The van der Waals surface area contributed by atoms with Crippen molar-refractivity contribution in [1.29, 1.82) is 0 Å². The van der Waals surface area contributed by atoms with Crippen molar-refractivity contribution in [1.82, 2.24) is 0 Å². The number of ether oxygens (including phenoxy) is 1. The van der Waals surface area contributed by atoms with E-state index in [1.54, 1.807) is 6.92 Å². The van der Waals surface area contributed by atoms with Crippen LogP contribution in [0.5, 0.6) is 0 Å². The van der Waals surface area contributed by atoms with Gasteiger partial charge in [0.25, 0.3) is 0 Å². The van der Waals surface area contributed by atoms with Crippen LogP contribution in [-0.4, -0.2) is 46.8 Å². The minimum absolute atomic E-state index is 0.436. The summed E-state index contributed by atoms with van der Waals surface area (Å²) in [6, 6.07) is 0. The first-order valence-corrected chi connectivity index (χ1v) is 4.72. The highest BCUT2D eigenvalue weighted by Crippen LogP contribution is 2.04. The summed E-state index contributed by atoms with van der Waals surface area (Å²) in [5.74, 6) is 0. The zero-order chi connectivity index (χ0) is 10.3. The Labute approximate surface area is 79.2 Å². The van der Waals surface area contributed by atoms with E-state index >= 15 is 0 Å². The molecule has 0 spiro atoms. The van der Waals surface area contributed by atoms with Crippen molar-refractivity contribution >= 4 is 0 Å². The van der Waals surface area contributed by atoms with Gasteiger partial charge in [-0.05, 0) is 13.3 Å². The van der Waals surface area contributed by atoms with Crippen molar-refractivity contribution in [2.24, 2.45) is 0 Å². The van der Waals surface area contributed by atoms with Gasteiger partial charge in [-0.25, -0.2) is 0 Å². The monoisotopic (exact) mass is 192 g/mol. The molecular formula is C9H20O4. The fraction of sp³-hybridized carbons (Fsp3) is 1.00. The lowest BCUT2D eigenvalue weighted by Gasteiger charge is -2.22. The number of rotatable bonds is 7. The Bertz CT molecular complexity index is 118. The fourth-order valence-corrected chi connectivity index (χ4v) is 0.933. The molecule has 3 unspecified atom stereocenters. The van der Waals surface area contributed by atoms with Gasteiger partial charge in [0.05, 0.1) is 12.7 Å². The molecule has 0 bridgehead atoms. The summed E-state index contributed by atoms with van der Waals surface area (Å²) in [4.78, 5) is 0. The highest BCUT2D eigenvalue weighted by Gasteiger charge is 2.22. The molecule has 0 aliphatic rings. The van der Waals surface area contributed by atoms with Gasteiger partial charge in [0.2, 0.25) is 0 Å². The van der Waals surface area contributed by atoms with E-state index in [4.69, 9.17) is 14.9 Å². The molecule has 0 aromatic rings. The maximum absolute atomic E-state index is 9.35. The van der Waals surface area contributed by atoms with E-state index in [1.807, 2.05) is 6.92 Å². The van der Waals surface area contributed by atoms with Crippen LogP contribution in [0, 0.1) is 0 Å². The second kappa shape index (κ2) is 7.26. The van der Waals surface area contributed by atoms with E-state index in [0.717, 1.165) is 12.8 Å². The van der Waals surface area contributed by atoms with Gasteiger partial charge in [0, 0.05) is 6.61 Å². The Balaban J connectivity index is 3.62. The summed E-state index contributed by atoms with van der Waals surface area (Å²) in [5.41, 5.74) is 0. The summed E-state index contributed by atoms with van der Waals surface area (Å²) < 4.78 is 5.25. The minimum Gasteiger partial charge on any atom is -0.394 e. The summed E-state index contributed by atoms with van der Waals surface area (Å²) in [6.07, 6.45) is -0.593. The molecule has 13 heavy (non-hydrogen) atoms. The lowest BCUT2D eigenvalue weighted by molar-refractivity contribution is -0.0950. The second-order valence-corrected chi connectivity index (χ2v) is 3.17. The molecule has 0 aromatic heterocycles. The van der Waals surface area contributed by atoms with Crippen molar-refractivity contribution in [2.75, 3.05) is 13.2 Å². The van der Waals surface area contributed by atoms with Gasteiger partial charge in [-0.1, -0.05) is 13.3 Å². The zero-order valence-electron chi connectivity index (χ0n) is 8.31. The topological polar surface area (TPSA) is 69.9 Å². The van der Waals surface area contributed by atoms with Crippen molar-refractivity contribution in [3.05, 3.63) is 0 Å².